The monoisotopic (exact) mass is 328 g/mol. The third kappa shape index (κ3) is 3.86. The molecule has 0 aliphatic carbocycles. The molecule has 8 heteroatoms. The van der Waals surface area contributed by atoms with Crippen LogP contribution < -0.4 is 11.5 Å². The van der Waals surface area contributed by atoms with Gasteiger partial charge in [0.15, 0.2) is 0 Å². The molecule has 1 aliphatic rings. The van der Waals surface area contributed by atoms with Crippen LogP contribution >= 0.6 is 12.4 Å². The molecule has 1 aromatic rings. The lowest BCUT2D eigenvalue weighted by molar-refractivity contribution is -0.384. The average Bonchev–Trinajstić information content (AvgIpc) is 2.47. The summed E-state index contributed by atoms with van der Waals surface area (Å²) in [6.07, 6.45) is 1.69. The van der Waals surface area contributed by atoms with E-state index < -0.39 is 4.92 Å². The lowest BCUT2D eigenvalue weighted by Gasteiger charge is -2.33. The van der Waals surface area contributed by atoms with Crippen LogP contribution in [-0.4, -0.2) is 34.9 Å². The number of nitrogen functional groups attached to an aromatic ring is 1. The first-order valence-electron chi connectivity index (χ1n) is 6.99. The van der Waals surface area contributed by atoms with E-state index in [0.29, 0.717) is 19.0 Å². The van der Waals surface area contributed by atoms with E-state index >= 15 is 0 Å². The molecule has 1 atom stereocenters. The van der Waals surface area contributed by atoms with Gasteiger partial charge in [-0.1, -0.05) is 0 Å². The van der Waals surface area contributed by atoms with E-state index in [9.17, 15) is 14.9 Å². The molecule has 1 fully saturated rings. The second-order valence-corrected chi connectivity index (χ2v) is 5.52. The van der Waals surface area contributed by atoms with Gasteiger partial charge in [0, 0.05) is 37.0 Å². The van der Waals surface area contributed by atoms with Crippen molar-refractivity contribution in [3.8, 4) is 0 Å². The molecule has 122 valence electrons. The number of hydrogen-bond donors (Lipinski definition) is 2. The zero-order valence-electron chi connectivity index (χ0n) is 12.4. The second-order valence-electron chi connectivity index (χ2n) is 5.52. The first-order valence-corrected chi connectivity index (χ1v) is 6.99. The summed E-state index contributed by atoms with van der Waals surface area (Å²) in [7, 11) is 0. The minimum atomic E-state index is -0.529. The van der Waals surface area contributed by atoms with Crippen LogP contribution in [0.2, 0.25) is 0 Å². The van der Waals surface area contributed by atoms with Crippen molar-refractivity contribution in [1.82, 2.24) is 4.90 Å². The first kappa shape index (κ1) is 18.2. The summed E-state index contributed by atoms with van der Waals surface area (Å²) in [6.45, 7) is 3.18. The second kappa shape index (κ2) is 7.42. The predicted molar refractivity (Wildman–Crippen MR) is 87.0 cm³/mol. The quantitative estimate of drug-likeness (QED) is 0.498. The molecule has 1 heterocycles. The number of nitro benzene ring substituents is 1. The van der Waals surface area contributed by atoms with Crippen molar-refractivity contribution in [2.75, 3.05) is 18.8 Å². The van der Waals surface area contributed by atoms with Crippen LogP contribution in [0.15, 0.2) is 18.2 Å². The van der Waals surface area contributed by atoms with E-state index in [1.807, 2.05) is 6.92 Å². The summed E-state index contributed by atoms with van der Waals surface area (Å²) in [5, 5.41) is 10.8. The number of nitrogens with two attached hydrogens (primary N) is 2. The molecule has 1 unspecified atom stereocenters. The fraction of sp³-hybridized carbons (Fsp3) is 0.500. The third-order valence-electron chi connectivity index (χ3n) is 4.05. The highest BCUT2D eigenvalue weighted by atomic mass is 35.5. The van der Waals surface area contributed by atoms with E-state index in [1.54, 1.807) is 4.90 Å². The van der Waals surface area contributed by atoms with Crippen molar-refractivity contribution in [1.29, 1.82) is 0 Å². The molecule has 2 rings (SSSR count). The van der Waals surface area contributed by atoms with Crippen LogP contribution in [0, 0.1) is 16.0 Å². The number of halogens is 1. The van der Waals surface area contributed by atoms with E-state index in [-0.39, 0.29) is 41.3 Å². The Morgan fingerprint density at radius 3 is 2.50 bits per heavy atom. The first-order chi connectivity index (χ1) is 9.90. The molecule has 0 aromatic heterocycles. The smallest absolute Gasteiger partial charge is 0.270 e. The summed E-state index contributed by atoms with van der Waals surface area (Å²) in [5.74, 6) is 0.163. The van der Waals surface area contributed by atoms with Gasteiger partial charge in [0.05, 0.1) is 10.5 Å². The molecule has 0 saturated carbocycles. The van der Waals surface area contributed by atoms with Crippen LogP contribution in [-0.2, 0) is 0 Å². The van der Waals surface area contributed by atoms with E-state index in [2.05, 4.69) is 0 Å². The number of anilines is 1. The Bertz CT molecular complexity index is 557. The number of rotatable bonds is 3. The lowest BCUT2D eigenvalue weighted by atomic mass is 9.90. The number of nitrogens with zero attached hydrogens (tertiary/aromatic N) is 2. The highest BCUT2D eigenvalue weighted by Crippen LogP contribution is 2.25. The number of nitro groups is 1. The fourth-order valence-corrected chi connectivity index (χ4v) is 2.64. The Morgan fingerprint density at radius 1 is 1.41 bits per heavy atom. The van der Waals surface area contributed by atoms with Gasteiger partial charge in [0.1, 0.15) is 0 Å². The highest BCUT2D eigenvalue weighted by Gasteiger charge is 2.27. The Morgan fingerprint density at radius 2 is 2.00 bits per heavy atom. The SMILES string of the molecule is CC(N)C1CCN(C(=O)c2cc([N+](=O)[O-])ccc2N)CC1.Cl. The molecule has 0 radical (unpaired) electrons. The van der Waals surface area contributed by atoms with Crippen molar-refractivity contribution in [2.24, 2.45) is 11.7 Å². The molecule has 1 aliphatic heterocycles. The van der Waals surface area contributed by atoms with Gasteiger partial charge in [-0.2, -0.15) is 0 Å². The number of hydrogen-bond acceptors (Lipinski definition) is 5. The molecule has 7 nitrogen and oxygen atoms in total. The molecule has 1 aromatic carbocycles. The molecule has 0 spiro atoms. The van der Waals surface area contributed by atoms with Crippen molar-refractivity contribution in [2.45, 2.75) is 25.8 Å². The maximum absolute atomic E-state index is 12.5. The van der Waals surface area contributed by atoms with E-state index in [0.717, 1.165) is 12.8 Å². The van der Waals surface area contributed by atoms with Gasteiger partial charge < -0.3 is 16.4 Å². The topological polar surface area (TPSA) is 115 Å². The van der Waals surface area contributed by atoms with Crippen LogP contribution in [0.4, 0.5) is 11.4 Å². The Hall–Kier alpha value is -1.86. The Kier molecular flexibility index (Phi) is 6.13. The van der Waals surface area contributed by atoms with E-state index in [4.69, 9.17) is 11.5 Å². The maximum Gasteiger partial charge on any atom is 0.270 e. The summed E-state index contributed by atoms with van der Waals surface area (Å²) in [4.78, 5) is 24.4. The Labute approximate surface area is 135 Å². The van der Waals surface area contributed by atoms with Crippen LogP contribution in [0.25, 0.3) is 0 Å². The number of benzene rings is 1. The minimum Gasteiger partial charge on any atom is -0.398 e. The van der Waals surface area contributed by atoms with Gasteiger partial charge in [-0.25, -0.2) is 0 Å². The largest absolute Gasteiger partial charge is 0.398 e. The summed E-state index contributed by atoms with van der Waals surface area (Å²) in [5.41, 5.74) is 12.0. The molecular weight excluding hydrogens is 308 g/mol. The molecule has 0 bridgehead atoms. The van der Waals surface area contributed by atoms with Gasteiger partial charge in [0.2, 0.25) is 0 Å². The van der Waals surface area contributed by atoms with Gasteiger partial charge in [0.25, 0.3) is 11.6 Å². The van der Waals surface area contributed by atoms with Crippen molar-refractivity contribution in [3.05, 3.63) is 33.9 Å². The standard InChI is InChI=1S/C14H20N4O3.ClH/c1-9(15)10-4-6-17(7-5-10)14(19)12-8-11(18(20)21)2-3-13(12)16;/h2-3,8-10H,4-7,15-16H2,1H3;1H. The van der Waals surface area contributed by atoms with Crippen LogP contribution in [0.1, 0.15) is 30.1 Å². The number of carbonyl (C=O) groups excluding carboxylic acids is 1. The molecular formula is C14H21ClN4O3. The Balaban J connectivity index is 0.00000242. The fourth-order valence-electron chi connectivity index (χ4n) is 2.64. The maximum atomic E-state index is 12.5. The highest BCUT2D eigenvalue weighted by molar-refractivity contribution is 5.99. The number of amides is 1. The summed E-state index contributed by atoms with van der Waals surface area (Å²) >= 11 is 0. The van der Waals surface area contributed by atoms with Crippen molar-refractivity contribution >= 4 is 29.7 Å². The molecule has 22 heavy (non-hydrogen) atoms. The van der Waals surface area contributed by atoms with Gasteiger partial charge in [-0.3, -0.25) is 14.9 Å². The van der Waals surface area contributed by atoms with Gasteiger partial charge in [-0.15, -0.1) is 12.4 Å². The van der Waals surface area contributed by atoms with Crippen molar-refractivity contribution in [3.63, 3.8) is 0 Å². The summed E-state index contributed by atoms with van der Waals surface area (Å²) in [6, 6.07) is 4.06. The average molecular weight is 329 g/mol. The van der Waals surface area contributed by atoms with E-state index in [1.165, 1.54) is 18.2 Å². The van der Waals surface area contributed by atoms with Crippen LogP contribution in [0.5, 0.6) is 0 Å². The third-order valence-corrected chi connectivity index (χ3v) is 4.05. The zero-order valence-corrected chi connectivity index (χ0v) is 13.2. The van der Waals surface area contributed by atoms with Crippen LogP contribution in [0.3, 0.4) is 0 Å². The zero-order chi connectivity index (χ0) is 15.6. The normalized spacial score (nSPS) is 16.7. The number of carbonyl (C=O) groups is 1. The molecule has 1 amide bonds. The van der Waals surface area contributed by atoms with Crippen molar-refractivity contribution < 1.29 is 9.72 Å². The molecule has 4 N–H and O–H groups in total. The lowest BCUT2D eigenvalue weighted by Crippen LogP contribution is -2.42. The number of likely N-dealkylation sites (tertiary alicyclic amines) is 1. The predicted octanol–water partition coefficient (Wildman–Crippen LogP) is 1.80. The number of piperidine rings is 1. The number of non-ortho nitro benzene ring substituents is 1. The molecule has 1 saturated heterocycles. The minimum absolute atomic E-state index is 0. The summed E-state index contributed by atoms with van der Waals surface area (Å²) < 4.78 is 0. The van der Waals surface area contributed by atoms with Gasteiger partial charge >= 0.3 is 0 Å². The van der Waals surface area contributed by atoms with Gasteiger partial charge in [-0.05, 0) is 31.7 Å².